The number of aryl methyl sites for hydroxylation is 1. The van der Waals surface area contributed by atoms with E-state index in [9.17, 15) is 0 Å². The summed E-state index contributed by atoms with van der Waals surface area (Å²) in [6.07, 6.45) is 7.51. The highest BCUT2D eigenvalue weighted by Crippen LogP contribution is 2.41. The van der Waals surface area contributed by atoms with Crippen molar-refractivity contribution in [3.63, 3.8) is 0 Å². The van der Waals surface area contributed by atoms with E-state index < -0.39 is 0 Å². The first-order valence-corrected chi connectivity index (χ1v) is 12.6. The van der Waals surface area contributed by atoms with Crippen molar-refractivity contribution in [1.29, 1.82) is 0 Å². The average Bonchev–Trinajstić information content (AvgIpc) is 3.03. The fourth-order valence-electron chi connectivity index (χ4n) is 5.42. The monoisotopic (exact) mass is 472 g/mol. The van der Waals surface area contributed by atoms with Gasteiger partial charge in [0.15, 0.2) is 0 Å². The third kappa shape index (κ3) is 4.32. The van der Waals surface area contributed by atoms with Gasteiger partial charge in [0.25, 0.3) is 0 Å². The first-order chi connectivity index (χ1) is 17.2. The first-order valence-electron chi connectivity index (χ1n) is 12.6. The number of hydrogen-bond acceptors (Lipinski definition) is 8. The number of pyridine rings is 1. The summed E-state index contributed by atoms with van der Waals surface area (Å²) in [6.45, 7) is 9.69. The Balaban J connectivity index is 1.27. The molecule has 0 atom stereocenters. The maximum absolute atomic E-state index is 6.35. The molecule has 3 aromatic rings. The number of piperidine rings is 1. The molecule has 1 aromatic carbocycles. The molecule has 3 aliphatic heterocycles. The van der Waals surface area contributed by atoms with E-state index in [1.165, 1.54) is 31.5 Å². The molecule has 3 aliphatic rings. The summed E-state index contributed by atoms with van der Waals surface area (Å²) in [5.74, 6) is 2.96. The number of hydrogen-bond donors (Lipinski definition) is 2. The van der Waals surface area contributed by atoms with Crippen molar-refractivity contribution < 1.29 is 9.47 Å². The Morgan fingerprint density at radius 1 is 1.11 bits per heavy atom. The molecule has 35 heavy (non-hydrogen) atoms. The van der Waals surface area contributed by atoms with Crippen LogP contribution in [0.15, 0.2) is 36.9 Å². The standard InChI is InChI=1S/C27H32N6O2/c1-3-34-22-9-20(11-28-14-22)25-23-15-35-26-17(2)8-19(10-24(26)32-27(23)31-16-30-25)18-4-6-33(7-5-18)21-12-29-13-21/h8-11,14,16,18,21,29H,3-7,12-13,15H2,1-2H3,(H,30,31,32). The molecule has 6 rings (SSSR count). The summed E-state index contributed by atoms with van der Waals surface area (Å²) in [7, 11) is 0. The molecule has 0 bridgehead atoms. The quantitative estimate of drug-likeness (QED) is 0.576. The van der Waals surface area contributed by atoms with Crippen molar-refractivity contribution in [2.75, 3.05) is 38.1 Å². The van der Waals surface area contributed by atoms with Gasteiger partial charge in [0, 0.05) is 30.9 Å². The second-order valence-electron chi connectivity index (χ2n) is 9.64. The van der Waals surface area contributed by atoms with Gasteiger partial charge >= 0.3 is 0 Å². The number of ether oxygens (including phenoxy) is 2. The van der Waals surface area contributed by atoms with E-state index >= 15 is 0 Å². The van der Waals surface area contributed by atoms with Crippen LogP contribution < -0.4 is 20.1 Å². The summed E-state index contributed by atoms with van der Waals surface area (Å²) in [6, 6.07) is 7.27. The number of benzene rings is 1. The minimum Gasteiger partial charge on any atom is -0.492 e. The number of likely N-dealkylation sites (tertiary alicyclic amines) is 1. The van der Waals surface area contributed by atoms with Crippen molar-refractivity contribution in [2.24, 2.45) is 0 Å². The number of nitrogens with zero attached hydrogens (tertiary/aromatic N) is 4. The zero-order valence-electron chi connectivity index (χ0n) is 20.4. The van der Waals surface area contributed by atoms with Gasteiger partial charge in [-0.1, -0.05) is 6.07 Å². The maximum Gasteiger partial charge on any atom is 0.146 e. The van der Waals surface area contributed by atoms with E-state index in [2.05, 4.69) is 49.5 Å². The zero-order valence-corrected chi connectivity index (χ0v) is 20.4. The number of rotatable bonds is 5. The highest BCUT2D eigenvalue weighted by molar-refractivity contribution is 5.75. The number of nitrogens with one attached hydrogen (secondary N) is 2. The second-order valence-corrected chi connectivity index (χ2v) is 9.64. The largest absolute Gasteiger partial charge is 0.492 e. The van der Waals surface area contributed by atoms with Crippen LogP contribution >= 0.6 is 0 Å². The van der Waals surface area contributed by atoms with Crippen LogP contribution in [0.5, 0.6) is 11.5 Å². The Kier molecular flexibility index (Phi) is 6.00. The zero-order chi connectivity index (χ0) is 23.8. The van der Waals surface area contributed by atoms with Crippen LogP contribution in [0, 0.1) is 6.92 Å². The molecule has 0 radical (unpaired) electrons. The molecule has 8 nitrogen and oxygen atoms in total. The van der Waals surface area contributed by atoms with E-state index in [0.717, 1.165) is 64.5 Å². The lowest BCUT2D eigenvalue weighted by Gasteiger charge is -2.42. The van der Waals surface area contributed by atoms with Crippen LogP contribution in [-0.4, -0.2) is 58.7 Å². The summed E-state index contributed by atoms with van der Waals surface area (Å²) in [5.41, 5.74) is 6.13. The molecule has 0 unspecified atom stereocenters. The highest BCUT2D eigenvalue weighted by Gasteiger charge is 2.30. The third-order valence-corrected chi connectivity index (χ3v) is 7.43. The van der Waals surface area contributed by atoms with Gasteiger partial charge in [-0.2, -0.15) is 0 Å². The van der Waals surface area contributed by atoms with Crippen molar-refractivity contribution >= 4 is 11.5 Å². The van der Waals surface area contributed by atoms with E-state index in [1.807, 2.05) is 13.0 Å². The van der Waals surface area contributed by atoms with E-state index in [1.54, 1.807) is 18.7 Å². The molecule has 2 fully saturated rings. The smallest absolute Gasteiger partial charge is 0.146 e. The molecule has 5 heterocycles. The summed E-state index contributed by atoms with van der Waals surface area (Å²) in [5, 5.41) is 6.97. The van der Waals surface area contributed by atoms with Gasteiger partial charge in [-0.25, -0.2) is 9.97 Å². The van der Waals surface area contributed by atoms with Gasteiger partial charge in [0.1, 0.15) is 30.3 Å². The first kappa shape index (κ1) is 22.2. The predicted molar refractivity (Wildman–Crippen MR) is 135 cm³/mol. The predicted octanol–water partition coefficient (Wildman–Crippen LogP) is 4.03. The van der Waals surface area contributed by atoms with Crippen LogP contribution in [0.25, 0.3) is 11.3 Å². The molecule has 0 saturated carbocycles. The van der Waals surface area contributed by atoms with Crippen molar-refractivity contribution in [2.45, 2.75) is 45.3 Å². The Morgan fingerprint density at radius 3 is 2.74 bits per heavy atom. The van der Waals surface area contributed by atoms with Crippen LogP contribution in [-0.2, 0) is 6.61 Å². The highest BCUT2D eigenvalue weighted by atomic mass is 16.5. The molecular formula is C27H32N6O2. The number of anilines is 2. The Morgan fingerprint density at radius 2 is 1.97 bits per heavy atom. The lowest BCUT2D eigenvalue weighted by atomic mass is 9.87. The van der Waals surface area contributed by atoms with Gasteiger partial charge < -0.3 is 20.1 Å². The molecule has 8 heteroatoms. The summed E-state index contributed by atoms with van der Waals surface area (Å²) >= 11 is 0. The maximum atomic E-state index is 6.35. The van der Waals surface area contributed by atoms with Crippen molar-refractivity contribution in [3.05, 3.63) is 53.6 Å². The lowest BCUT2D eigenvalue weighted by Crippen LogP contribution is -2.58. The fourth-order valence-corrected chi connectivity index (χ4v) is 5.42. The van der Waals surface area contributed by atoms with Gasteiger partial charge in [-0.3, -0.25) is 9.88 Å². The molecule has 2 saturated heterocycles. The minimum atomic E-state index is 0.387. The normalized spacial score (nSPS) is 18.5. The number of aromatic nitrogens is 3. The molecule has 2 aromatic heterocycles. The Labute approximate surface area is 206 Å². The van der Waals surface area contributed by atoms with Crippen LogP contribution in [0.4, 0.5) is 11.5 Å². The molecule has 0 spiro atoms. The average molecular weight is 473 g/mol. The van der Waals surface area contributed by atoms with Gasteiger partial charge in [0.05, 0.1) is 29.7 Å². The molecule has 0 aliphatic carbocycles. The third-order valence-electron chi connectivity index (χ3n) is 7.43. The van der Waals surface area contributed by atoms with Gasteiger partial charge in [-0.15, -0.1) is 0 Å². The van der Waals surface area contributed by atoms with E-state index in [4.69, 9.17) is 9.47 Å². The van der Waals surface area contributed by atoms with E-state index in [-0.39, 0.29) is 0 Å². The van der Waals surface area contributed by atoms with Crippen LogP contribution in [0.3, 0.4) is 0 Å². The Bertz CT molecular complexity index is 1220. The number of fused-ring (bicyclic) bond motifs is 2. The van der Waals surface area contributed by atoms with Crippen molar-refractivity contribution in [1.82, 2.24) is 25.2 Å². The van der Waals surface area contributed by atoms with Gasteiger partial charge in [0.2, 0.25) is 0 Å². The SMILES string of the molecule is CCOc1cncc(-c2ncnc3c2COc2c(C)cc(C4CCN(C5CNC5)CC4)cc2N3)c1. The summed E-state index contributed by atoms with van der Waals surface area (Å²) < 4.78 is 12.0. The topological polar surface area (TPSA) is 84.4 Å². The Hall–Kier alpha value is -3.23. The van der Waals surface area contributed by atoms with Gasteiger partial charge in [-0.05, 0) is 69.0 Å². The van der Waals surface area contributed by atoms with Crippen LogP contribution in [0.1, 0.15) is 42.4 Å². The molecular weight excluding hydrogens is 440 g/mol. The lowest BCUT2D eigenvalue weighted by molar-refractivity contribution is 0.113. The fraction of sp³-hybridized carbons (Fsp3) is 0.444. The molecule has 182 valence electrons. The molecule has 2 N–H and O–H groups in total. The minimum absolute atomic E-state index is 0.387. The second kappa shape index (κ2) is 9.43. The van der Waals surface area contributed by atoms with Crippen molar-refractivity contribution in [3.8, 4) is 22.8 Å². The van der Waals surface area contributed by atoms with Crippen LogP contribution in [0.2, 0.25) is 0 Å². The summed E-state index contributed by atoms with van der Waals surface area (Å²) in [4.78, 5) is 16.1. The molecule has 0 amide bonds. The van der Waals surface area contributed by atoms with E-state index in [0.29, 0.717) is 19.1 Å².